The summed E-state index contributed by atoms with van der Waals surface area (Å²) < 4.78 is 0. The van der Waals surface area contributed by atoms with E-state index in [1.807, 2.05) is 36.1 Å². The average Bonchev–Trinajstić information content (AvgIpc) is 3.04. The largest absolute Gasteiger partial charge is 0.354 e. The molecule has 1 aromatic carbocycles. The lowest BCUT2D eigenvalue weighted by Gasteiger charge is -2.31. The van der Waals surface area contributed by atoms with Crippen molar-refractivity contribution in [2.75, 3.05) is 13.1 Å². The molecular weight excluding hydrogens is 350 g/mol. The number of fused-ring (bicyclic) bond motifs is 1. The van der Waals surface area contributed by atoms with E-state index in [1.54, 1.807) is 0 Å². The minimum absolute atomic E-state index is 0.0137. The van der Waals surface area contributed by atoms with Crippen molar-refractivity contribution in [2.24, 2.45) is 5.92 Å². The Morgan fingerprint density at radius 1 is 1.31 bits per heavy atom. The molecule has 1 unspecified atom stereocenters. The summed E-state index contributed by atoms with van der Waals surface area (Å²) >= 11 is 6.01. The summed E-state index contributed by atoms with van der Waals surface area (Å²) in [6.45, 7) is 5.46. The molecule has 1 atom stereocenters. The first-order valence-corrected chi connectivity index (χ1v) is 9.71. The van der Waals surface area contributed by atoms with Gasteiger partial charge in [-0.15, -0.1) is 0 Å². The molecule has 1 aliphatic heterocycles. The van der Waals surface area contributed by atoms with Gasteiger partial charge in [0.25, 0.3) is 5.91 Å². The third-order valence-corrected chi connectivity index (χ3v) is 5.44. The molecule has 1 saturated heterocycles. The Kier molecular flexibility index (Phi) is 5.87. The van der Waals surface area contributed by atoms with Crippen molar-refractivity contribution in [2.45, 2.75) is 45.6 Å². The van der Waals surface area contributed by atoms with Gasteiger partial charge in [0.1, 0.15) is 5.69 Å². The van der Waals surface area contributed by atoms with E-state index in [0.29, 0.717) is 36.1 Å². The second-order valence-electron chi connectivity index (χ2n) is 7.23. The third-order valence-electron chi connectivity index (χ3n) is 5.21. The number of rotatable bonds is 5. The van der Waals surface area contributed by atoms with Crippen molar-refractivity contribution in [3.05, 3.63) is 35.0 Å². The van der Waals surface area contributed by atoms with Crippen LogP contribution < -0.4 is 5.32 Å². The summed E-state index contributed by atoms with van der Waals surface area (Å²) in [4.78, 5) is 29.8. The normalized spacial score (nSPS) is 16.7. The molecular formula is C20H26ClN3O2. The monoisotopic (exact) mass is 375 g/mol. The standard InChI is InChI=1S/C20H26ClN3O2/c1-3-13(2)22-19(25)10-14-6-8-24(9-7-14)20(26)18-12-15-11-16(21)4-5-17(15)23-18/h4-5,11-14,23H,3,6-10H2,1-2H3,(H,22,25). The van der Waals surface area contributed by atoms with Crippen LogP contribution in [-0.4, -0.2) is 40.8 Å². The molecule has 1 fully saturated rings. The minimum Gasteiger partial charge on any atom is -0.354 e. The quantitative estimate of drug-likeness (QED) is 0.830. The molecule has 1 aliphatic rings. The zero-order valence-electron chi connectivity index (χ0n) is 15.3. The summed E-state index contributed by atoms with van der Waals surface area (Å²) in [5, 5.41) is 4.62. The molecule has 0 bridgehead atoms. The number of carbonyl (C=O) groups excluding carboxylic acids is 2. The molecule has 2 amide bonds. The third kappa shape index (κ3) is 4.39. The lowest BCUT2D eigenvalue weighted by Crippen LogP contribution is -2.40. The number of amides is 2. The molecule has 0 radical (unpaired) electrons. The van der Waals surface area contributed by atoms with Gasteiger partial charge in [-0.05, 0) is 56.4 Å². The SMILES string of the molecule is CCC(C)NC(=O)CC1CCN(C(=O)c2cc3cc(Cl)ccc3[nH]2)CC1. The van der Waals surface area contributed by atoms with E-state index >= 15 is 0 Å². The van der Waals surface area contributed by atoms with Crippen molar-refractivity contribution < 1.29 is 9.59 Å². The van der Waals surface area contributed by atoms with Gasteiger partial charge in [0.2, 0.25) is 5.91 Å². The molecule has 0 saturated carbocycles. The predicted octanol–water partition coefficient (Wildman–Crippen LogP) is 3.98. The van der Waals surface area contributed by atoms with Crippen LogP contribution in [0.25, 0.3) is 10.9 Å². The van der Waals surface area contributed by atoms with E-state index < -0.39 is 0 Å². The highest BCUT2D eigenvalue weighted by atomic mass is 35.5. The average molecular weight is 376 g/mol. The first-order chi connectivity index (χ1) is 12.5. The summed E-state index contributed by atoms with van der Waals surface area (Å²) in [6, 6.07) is 7.63. The van der Waals surface area contributed by atoms with E-state index in [9.17, 15) is 9.59 Å². The molecule has 3 rings (SSSR count). The number of halogens is 1. The van der Waals surface area contributed by atoms with Crippen LogP contribution in [-0.2, 0) is 4.79 Å². The molecule has 0 aliphatic carbocycles. The smallest absolute Gasteiger partial charge is 0.270 e. The van der Waals surface area contributed by atoms with Crippen LogP contribution in [0, 0.1) is 5.92 Å². The lowest BCUT2D eigenvalue weighted by atomic mass is 9.93. The fourth-order valence-electron chi connectivity index (χ4n) is 3.43. The number of aromatic amines is 1. The number of likely N-dealkylation sites (tertiary alicyclic amines) is 1. The molecule has 1 aromatic heterocycles. The number of aromatic nitrogens is 1. The van der Waals surface area contributed by atoms with Gasteiger partial charge >= 0.3 is 0 Å². The van der Waals surface area contributed by atoms with E-state index in [0.717, 1.165) is 30.2 Å². The molecule has 2 N–H and O–H groups in total. The lowest BCUT2D eigenvalue weighted by molar-refractivity contribution is -0.122. The van der Waals surface area contributed by atoms with Gasteiger partial charge in [0.15, 0.2) is 0 Å². The topological polar surface area (TPSA) is 65.2 Å². The Labute approximate surface area is 159 Å². The maximum absolute atomic E-state index is 12.7. The fourth-order valence-corrected chi connectivity index (χ4v) is 3.61. The molecule has 2 aromatic rings. The highest BCUT2D eigenvalue weighted by Crippen LogP contribution is 2.24. The Morgan fingerprint density at radius 2 is 2.04 bits per heavy atom. The van der Waals surface area contributed by atoms with Crippen LogP contribution in [0.2, 0.25) is 5.02 Å². The number of carbonyl (C=O) groups is 2. The van der Waals surface area contributed by atoms with Crippen molar-refractivity contribution in [3.8, 4) is 0 Å². The number of nitrogens with one attached hydrogen (secondary N) is 2. The number of piperidine rings is 1. The molecule has 26 heavy (non-hydrogen) atoms. The fraction of sp³-hybridized carbons (Fsp3) is 0.500. The van der Waals surface area contributed by atoms with Gasteiger partial charge < -0.3 is 15.2 Å². The van der Waals surface area contributed by atoms with Crippen LogP contribution in [0.5, 0.6) is 0 Å². The van der Waals surface area contributed by atoms with E-state index in [4.69, 9.17) is 11.6 Å². The number of H-pyrrole nitrogens is 1. The molecule has 2 heterocycles. The van der Waals surface area contributed by atoms with E-state index in [2.05, 4.69) is 17.2 Å². The van der Waals surface area contributed by atoms with Gasteiger partial charge in [-0.25, -0.2) is 0 Å². The second kappa shape index (κ2) is 8.12. The van der Waals surface area contributed by atoms with Crippen molar-refractivity contribution >= 4 is 34.3 Å². The van der Waals surface area contributed by atoms with Crippen LogP contribution >= 0.6 is 11.6 Å². The number of nitrogens with zero attached hydrogens (tertiary/aromatic N) is 1. The van der Waals surface area contributed by atoms with Crippen molar-refractivity contribution in [1.82, 2.24) is 15.2 Å². The van der Waals surface area contributed by atoms with Crippen molar-refractivity contribution in [1.29, 1.82) is 0 Å². The van der Waals surface area contributed by atoms with Gasteiger partial charge in [-0.2, -0.15) is 0 Å². The summed E-state index contributed by atoms with van der Waals surface area (Å²) in [7, 11) is 0. The Balaban J connectivity index is 1.55. The Bertz CT molecular complexity index is 793. The molecule has 140 valence electrons. The number of hydrogen-bond donors (Lipinski definition) is 2. The maximum atomic E-state index is 12.7. The van der Waals surface area contributed by atoms with Gasteiger partial charge in [0.05, 0.1) is 0 Å². The molecule has 6 heteroatoms. The highest BCUT2D eigenvalue weighted by Gasteiger charge is 2.26. The number of benzene rings is 1. The van der Waals surface area contributed by atoms with Crippen LogP contribution in [0.3, 0.4) is 0 Å². The van der Waals surface area contributed by atoms with E-state index in [1.165, 1.54) is 0 Å². The first kappa shape index (κ1) is 18.8. The summed E-state index contributed by atoms with van der Waals surface area (Å²) in [6.07, 6.45) is 3.23. The zero-order valence-corrected chi connectivity index (χ0v) is 16.1. The molecule has 5 nitrogen and oxygen atoms in total. The minimum atomic E-state index is 0.0137. The Hall–Kier alpha value is -2.01. The number of hydrogen-bond acceptors (Lipinski definition) is 2. The predicted molar refractivity (Wildman–Crippen MR) is 104 cm³/mol. The van der Waals surface area contributed by atoms with Crippen LogP contribution in [0.15, 0.2) is 24.3 Å². The zero-order chi connectivity index (χ0) is 18.7. The summed E-state index contributed by atoms with van der Waals surface area (Å²) in [5.74, 6) is 0.487. The Morgan fingerprint density at radius 3 is 2.73 bits per heavy atom. The van der Waals surface area contributed by atoms with Gasteiger partial charge in [-0.1, -0.05) is 18.5 Å². The maximum Gasteiger partial charge on any atom is 0.270 e. The first-order valence-electron chi connectivity index (χ1n) is 9.33. The van der Waals surface area contributed by atoms with Gasteiger partial charge in [0, 0.05) is 41.5 Å². The van der Waals surface area contributed by atoms with Crippen molar-refractivity contribution in [3.63, 3.8) is 0 Å². The van der Waals surface area contributed by atoms with Gasteiger partial charge in [-0.3, -0.25) is 9.59 Å². The molecule has 0 spiro atoms. The van der Waals surface area contributed by atoms with Crippen LogP contribution in [0.1, 0.15) is 50.0 Å². The second-order valence-corrected chi connectivity index (χ2v) is 7.67. The van der Waals surface area contributed by atoms with E-state index in [-0.39, 0.29) is 17.9 Å². The highest BCUT2D eigenvalue weighted by molar-refractivity contribution is 6.31. The summed E-state index contributed by atoms with van der Waals surface area (Å²) in [5.41, 5.74) is 1.50. The van der Waals surface area contributed by atoms with Crippen LogP contribution in [0.4, 0.5) is 0 Å².